The number of rotatable bonds is 7. The van der Waals surface area contributed by atoms with Gasteiger partial charge in [-0.2, -0.15) is 47.9 Å². The summed E-state index contributed by atoms with van der Waals surface area (Å²) in [6.07, 6.45) is -19.6. The molecule has 5 nitrogen and oxygen atoms in total. The lowest BCUT2D eigenvalue weighted by atomic mass is 10.3. The van der Waals surface area contributed by atoms with Crippen LogP contribution in [0.2, 0.25) is 0 Å². The molecule has 0 amide bonds. The van der Waals surface area contributed by atoms with E-state index in [1.807, 2.05) is 9.47 Å². The lowest BCUT2D eigenvalue weighted by molar-refractivity contribution is -0.495. The molecule has 0 heterocycles. The first kappa shape index (κ1) is 25.4. The largest absolute Gasteiger partial charge is 0.496 e. The molecule has 0 aliphatic carbocycles. The normalized spacial score (nSPS) is 16.8. The second-order valence-corrected chi connectivity index (χ2v) is 5.30. The van der Waals surface area contributed by atoms with Crippen LogP contribution in [-0.4, -0.2) is 37.0 Å². The number of hydrogen-bond acceptors (Lipinski definition) is 4. The minimum Gasteiger partial charge on any atom is -0.279 e. The summed E-state index contributed by atoms with van der Waals surface area (Å²) in [5, 5.41) is 0. The van der Waals surface area contributed by atoms with E-state index in [2.05, 4.69) is 0 Å². The molecule has 1 N–H and O–H groups in total. The highest BCUT2D eigenvalue weighted by Gasteiger charge is 2.60. The van der Waals surface area contributed by atoms with Crippen molar-refractivity contribution in [2.45, 2.75) is 24.0 Å². The Morgan fingerprint density at radius 2 is 1.07 bits per heavy atom. The van der Waals surface area contributed by atoms with E-state index in [4.69, 9.17) is 4.55 Å². The molecule has 0 saturated heterocycles. The van der Waals surface area contributed by atoms with Crippen LogP contribution >= 0.6 is 0 Å². The van der Waals surface area contributed by atoms with E-state index in [1.165, 1.54) is 0 Å². The van der Waals surface area contributed by atoms with Gasteiger partial charge in [0, 0.05) is 0 Å². The molecule has 0 radical (unpaired) electrons. The molecule has 0 unspecified atom stereocenters. The summed E-state index contributed by atoms with van der Waals surface area (Å²) in [5.41, 5.74) is -6.36. The number of alkyl halides is 9. The number of hydrogen-bond donors (Lipinski definition) is 1. The molecule has 27 heavy (non-hydrogen) atoms. The van der Waals surface area contributed by atoms with Gasteiger partial charge in [-0.25, -0.2) is 18.3 Å². The van der Waals surface area contributed by atoms with E-state index in [1.54, 1.807) is 0 Å². The first-order valence-corrected chi connectivity index (χ1v) is 6.68. The number of halogens is 13. The van der Waals surface area contributed by atoms with Crippen LogP contribution in [0.25, 0.3) is 0 Å². The summed E-state index contributed by atoms with van der Waals surface area (Å²) in [6, 6.07) is 0. The molecule has 0 aliphatic heterocycles. The van der Waals surface area contributed by atoms with Gasteiger partial charge in [0.25, 0.3) is 0 Å². The predicted molar refractivity (Wildman–Crippen MR) is 53.1 cm³/mol. The Hall–Kier alpha value is -1.60. The average molecular weight is 456 g/mol. The van der Waals surface area contributed by atoms with E-state index < -0.39 is 57.4 Å². The SMILES string of the molecule is O=S(=O)(O)C(F)(F)OC(F)(F)OC(F)(F)C(F)=C(F)C(F)=C(F)C(F)(F)F. The van der Waals surface area contributed by atoms with Gasteiger partial charge in [0.1, 0.15) is 0 Å². The van der Waals surface area contributed by atoms with Crippen molar-refractivity contribution in [3.05, 3.63) is 23.3 Å². The molecule has 0 spiro atoms. The zero-order chi connectivity index (χ0) is 22.2. The monoisotopic (exact) mass is 456 g/mol. The van der Waals surface area contributed by atoms with E-state index in [0.29, 0.717) is 0 Å². The van der Waals surface area contributed by atoms with Crippen molar-refractivity contribution in [3.8, 4) is 0 Å². The summed E-state index contributed by atoms with van der Waals surface area (Å²) in [6.45, 7) is 0. The zero-order valence-electron chi connectivity index (χ0n) is 11.4. The minimum absolute atomic E-state index is 1.84. The van der Waals surface area contributed by atoms with Gasteiger partial charge < -0.3 is 0 Å². The lowest BCUT2D eigenvalue weighted by Gasteiger charge is -2.24. The maximum absolute atomic E-state index is 12.9. The third-order valence-electron chi connectivity index (χ3n) is 1.87. The third kappa shape index (κ3) is 6.50. The smallest absolute Gasteiger partial charge is 0.279 e. The fourth-order valence-corrected chi connectivity index (χ4v) is 1.05. The van der Waals surface area contributed by atoms with Crippen LogP contribution in [-0.2, 0) is 19.6 Å². The highest BCUT2D eigenvalue weighted by atomic mass is 32.2. The van der Waals surface area contributed by atoms with Crippen LogP contribution in [0.4, 0.5) is 57.1 Å². The summed E-state index contributed by atoms with van der Waals surface area (Å²) < 4.78 is 193. The molecular weight excluding hydrogens is 455 g/mol. The van der Waals surface area contributed by atoms with Gasteiger partial charge in [0.05, 0.1) is 0 Å². The second-order valence-electron chi connectivity index (χ2n) is 3.88. The summed E-state index contributed by atoms with van der Waals surface area (Å²) in [5.74, 6) is -16.5. The van der Waals surface area contributed by atoms with Crippen molar-refractivity contribution < 1.29 is 79.5 Å². The molecule has 0 aromatic rings. The van der Waals surface area contributed by atoms with Crippen molar-refractivity contribution in [2.75, 3.05) is 0 Å². The minimum atomic E-state index is -6.85. The van der Waals surface area contributed by atoms with Crippen LogP contribution in [0, 0.1) is 0 Å². The van der Waals surface area contributed by atoms with Crippen molar-refractivity contribution in [1.29, 1.82) is 0 Å². The Morgan fingerprint density at radius 1 is 0.704 bits per heavy atom. The first-order valence-electron chi connectivity index (χ1n) is 5.24. The molecule has 0 atom stereocenters. The molecule has 0 saturated carbocycles. The Bertz CT molecular complexity index is 734. The van der Waals surface area contributed by atoms with Gasteiger partial charge in [0.15, 0.2) is 0 Å². The number of ether oxygens (including phenoxy) is 2. The Balaban J connectivity index is 5.88. The Morgan fingerprint density at radius 3 is 1.41 bits per heavy atom. The molecule has 0 bridgehead atoms. The quantitative estimate of drug-likeness (QED) is 0.265. The fourth-order valence-electron chi connectivity index (χ4n) is 0.851. The van der Waals surface area contributed by atoms with E-state index >= 15 is 0 Å². The molecule has 0 rings (SSSR count). The lowest BCUT2D eigenvalue weighted by Crippen LogP contribution is -2.44. The van der Waals surface area contributed by atoms with Crippen molar-refractivity contribution in [1.82, 2.24) is 0 Å². The Kier molecular flexibility index (Phi) is 6.99. The molecule has 0 fully saturated rings. The zero-order valence-corrected chi connectivity index (χ0v) is 12.2. The highest BCUT2D eigenvalue weighted by molar-refractivity contribution is 7.86. The van der Waals surface area contributed by atoms with Gasteiger partial charge in [-0.3, -0.25) is 4.55 Å². The van der Waals surface area contributed by atoms with Crippen molar-refractivity contribution in [2.24, 2.45) is 0 Å². The maximum atomic E-state index is 12.9. The van der Waals surface area contributed by atoms with Crippen LogP contribution in [0.1, 0.15) is 0 Å². The van der Waals surface area contributed by atoms with Gasteiger partial charge in [0.2, 0.25) is 23.3 Å². The molecular formula is C8HF13O5S. The molecule has 0 aromatic carbocycles. The van der Waals surface area contributed by atoms with Gasteiger partial charge >= 0.3 is 34.1 Å². The number of allylic oxidation sites excluding steroid dienone is 3. The molecule has 0 aliphatic rings. The van der Waals surface area contributed by atoms with Crippen LogP contribution in [0.3, 0.4) is 0 Å². The van der Waals surface area contributed by atoms with Crippen molar-refractivity contribution in [3.63, 3.8) is 0 Å². The van der Waals surface area contributed by atoms with E-state index in [9.17, 15) is 65.5 Å². The maximum Gasteiger partial charge on any atom is 0.496 e. The van der Waals surface area contributed by atoms with E-state index in [0.717, 1.165) is 0 Å². The van der Waals surface area contributed by atoms with Crippen LogP contribution in [0.5, 0.6) is 0 Å². The first-order chi connectivity index (χ1) is 11.6. The van der Waals surface area contributed by atoms with E-state index in [-0.39, 0.29) is 0 Å². The van der Waals surface area contributed by atoms with Gasteiger partial charge in [-0.1, -0.05) is 0 Å². The standard InChI is InChI=1S/C8HF13O5S/c9-1(3(11)5(13,14)15)2(10)4(12)6(16,17)25-7(18,19)26-8(20,21)27(22,23)24/h(H,22,23,24). The summed E-state index contributed by atoms with van der Waals surface area (Å²) in [4.78, 5) is 0. The third-order valence-corrected chi connectivity index (χ3v) is 2.55. The summed E-state index contributed by atoms with van der Waals surface area (Å²) >= 11 is 0. The second kappa shape index (κ2) is 7.43. The predicted octanol–water partition coefficient (Wildman–Crippen LogP) is 4.46. The Labute approximate surface area is 138 Å². The van der Waals surface area contributed by atoms with Gasteiger partial charge in [-0.05, 0) is 0 Å². The topological polar surface area (TPSA) is 72.8 Å². The van der Waals surface area contributed by atoms with Crippen LogP contribution < -0.4 is 0 Å². The summed E-state index contributed by atoms with van der Waals surface area (Å²) in [7, 11) is -6.85. The fraction of sp³-hybridized carbons (Fsp3) is 0.500. The average Bonchev–Trinajstić information content (AvgIpc) is 2.39. The highest BCUT2D eigenvalue weighted by Crippen LogP contribution is 2.42. The van der Waals surface area contributed by atoms with Crippen molar-refractivity contribution >= 4 is 10.1 Å². The molecule has 0 aromatic heterocycles. The molecule has 160 valence electrons. The van der Waals surface area contributed by atoms with Gasteiger partial charge in [-0.15, -0.1) is 8.78 Å². The molecule has 19 heteroatoms. The van der Waals surface area contributed by atoms with Crippen LogP contribution in [0.15, 0.2) is 23.3 Å².